The van der Waals surface area contributed by atoms with E-state index in [1.807, 2.05) is 6.08 Å². The average molecular weight is 245 g/mol. The largest absolute Gasteiger partial charge is 0.478 e. The van der Waals surface area contributed by atoms with Crippen LogP contribution < -0.4 is 0 Å². The second-order valence-electron chi connectivity index (χ2n) is 5.11. The van der Waals surface area contributed by atoms with Crippen LogP contribution in [-0.2, 0) is 6.42 Å². The molecule has 0 bridgehead atoms. The maximum absolute atomic E-state index is 11.2. The average Bonchev–Trinajstić information content (AvgIpc) is 2.94. The van der Waals surface area contributed by atoms with Gasteiger partial charge < -0.3 is 10.2 Å². The van der Waals surface area contributed by atoms with Crippen molar-refractivity contribution in [3.63, 3.8) is 0 Å². The highest BCUT2D eigenvalue weighted by Gasteiger charge is 2.38. The molecule has 3 rings (SSSR count). The van der Waals surface area contributed by atoms with Crippen molar-refractivity contribution in [2.45, 2.75) is 37.7 Å². The molecule has 0 amide bonds. The van der Waals surface area contributed by atoms with Crippen LogP contribution >= 0.6 is 0 Å². The maximum atomic E-state index is 11.2. The van der Waals surface area contributed by atoms with E-state index < -0.39 is 11.6 Å². The summed E-state index contributed by atoms with van der Waals surface area (Å²) in [6.45, 7) is 0. The number of aromatic nitrogens is 1. The molecule has 0 radical (unpaired) electrons. The van der Waals surface area contributed by atoms with Crippen LogP contribution in [0.4, 0.5) is 0 Å². The van der Waals surface area contributed by atoms with Crippen LogP contribution in [0.3, 0.4) is 0 Å². The molecule has 0 atom stereocenters. The Hall–Kier alpha value is -1.68. The van der Waals surface area contributed by atoms with Gasteiger partial charge in [-0.3, -0.25) is 4.98 Å². The molecule has 1 heterocycles. The van der Waals surface area contributed by atoms with Gasteiger partial charge in [0, 0.05) is 6.20 Å². The van der Waals surface area contributed by atoms with Crippen molar-refractivity contribution in [2.75, 3.05) is 0 Å². The van der Waals surface area contributed by atoms with Gasteiger partial charge in [0.25, 0.3) is 0 Å². The van der Waals surface area contributed by atoms with Crippen molar-refractivity contribution < 1.29 is 15.0 Å². The third-order valence-corrected chi connectivity index (χ3v) is 4.03. The minimum atomic E-state index is -0.929. The lowest BCUT2D eigenvalue weighted by molar-refractivity contribution is 0.0693. The highest BCUT2D eigenvalue weighted by Crippen LogP contribution is 2.41. The topological polar surface area (TPSA) is 70.4 Å². The van der Waals surface area contributed by atoms with E-state index in [0.717, 1.165) is 36.8 Å². The molecule has 94 valence electrons. The Kier molecular flexibility index (Phi) is 2.48. The first kappa shape index (κ1) is 11.4. The molecule has 1 saturated carbocycles. The van der Waals surface area contributed by atoms with E-state index in [-0.39, 0.29) is 0 Å². The summed E-state index contributed by atoms with van der Waals surface area (Å²) < 4.78 is 0. The number of carboxylic acids is 1. The molecule has 2 aliphatic carbocycles. The number of aliphatic hydroxyl groups is 1. The zero-order valence-corrected chi connectivity index (χ0v) is 10.0. The first-order chi connectivity index (χ1) is 8.60. The number of nitrogens with zero attached hydrogens (tertiary/aromatic N) is 1. The van der Waals surface area contributed by atoms with E-state index in [4.69, 9.17) is 5.11 Å². The smallest absolute Gasteiger partial charge is 0.336 e. The third-order valence-electron chi connectivity index (χ3n) is 4.03. The van der Waals surface area contributed by atoms with Crippen LogP contribution in [-0.4, -0.2) is 26.8 Å². The van der Waals surface area contributed by atoms with Crippen molar-refractivity contribution in [3.05, 3.63) is 34.7 Å². The van der Waals surface area contributed by atoms with Crippen LogP contribution in [0.5, 0.6) is 0 Å². The molecular formula is C14H15NO3. The molecule has 0 saturated heterocycles. The number of fused-ring (bicyclic) bond motifs is 1. The highest BCUT2D eigenvalue weighted by molar-refractivity contribution is 5.91. The Morgan fingerprint density at radius 1 is 1.33 bits per heavy atom. The summed E-state index contributed by atoms with van der Waals surface area (Å²) in [5.74, 6) is -0.929. The summed E-state index contributed by atoms with van der Waals surface area (Å²) >= 11 is 0. The minimum absolute atomic E-state index is 0.299. The van der Waals surface area contributed by atoms with Crippen molar-refractivity contribution >= 4 is 12.0 Å². The number of carboxylic acid groups (broad SMARTS) is 1. The van der Waals surface area contributed by atoms with Crippen LogP contribution in [0.2, 0.25) is 0 Å². The van der Waals surface area contributed by atoms with Crippen molar-refractivity contribution in [1.29, 1.82) is 0 Å². The zero-order chi connectivity index (χ0) is 12.8. The van der Waals surface area contributed by atoms with Gasteiger partial charge in [0.15, 0.2) is 0 Å². The molecule has 1 aromatic heterocycles. The highest BCUT2D eigenvalue weighted by atomic mass is 16.4. The van der Waals surface area contributed by atoms with E-state index in [1.54, 1.807) is 0 Å². The van der Waals surface area contributed by atoms with Gasteiger partial charge in [-0.15, -0.1) is 0 Å². The number of aromatic carboxylic acids is 1. The summed E-state index contributed by atoms with van der Waals surface area (Å²) in [7, 11) is 0. The maximum Gasteiger partial charge on any atom is 0.336 e. The molecular weight excluding hydrogens is 230 g/mol. The van der Waals surface area contributed by atoms with Crippen LogP contribution in [0.25, 0.3) is 6.08 Å². The second-order valence-corrected chi connectivity index (χ2v) is 5.11. The van der Waals surface area contributed by atoms with Gasteiger partial charge in [-0.1, -0.05) is 12.8 Å². The summed E-state index contributed by atoms with van der Waals surface area (Å²) in [5.41, 5.74) is 1.92. The molecule has 0 aromatic carbocycles. The Morgan fingerprint density at radius 3 is 2.72 bits per heavy atom. The summed E-state index contributed by atoms with van der Waals surface area (Å²) in [6, 6.07) is 1.52. The SMILES string of the molecule is O=C(O)c1ccnc2c1CC(C1(O)CCCC1)=C2. The van der Waals surface area contributed by atoms with E-state index in [9.17, 15) is 9.90 Å². The van der Waals surface area contributed by atoms with Crippen LogP contribution in [0, 0.1) is 0 Å². The van der Waals surface area contributed by atoms with E-state index in [0.29, 0.717) is 17.7 Å². The fourth-order valence-electron chi connectivity index (χ4n) is 3.01. The van der Waals surface area contributed by atoms with Crippen molar-refractivity contribution in [1.82, 2.24) is 4.98 Å². The molecule has 0 aliphatic heterocycles. The molecule has 18 heavy (non-hydrogen) atoms. The first-order valence-electron chi connectivity index (χ1n) is 6.25. The number of hydrogen-bond donors (Lipinski definition) is 2. The number of rotatable bonds is 2. The lowest BCUT2D eigenvalue weighted by Gasteiger charge is -2.23. The Morgan fingerprint density at radius 2 is 2.06 bits per heavy atom. The fourth-order valence-corrected chi connectivity index (χ4v) is 3.01. The van der Waals surface area contributed by atoms with Gasteiger partial charge in [0.1, 0.15) is 0 Å². The molecule has 0 unspecified atom stereocenters. The Bertz CT molecular complexity index is 542. The molecule has 1 fully saturated rings. The van der Waals surface area contributed by atoms with Crippen molar-refractivity contribution in [2.24, 2.45) is 0 Å². The predicted molar refractivity (Wildman–Crippen MR) is 66.3 cm³/mol. The Labute approximate surface area is 105 Å². The van der Waals surface area contributed by atoms with E-state index in [2.05, 4.69) is 4.98 Å². The molecule has 4 nitrogen and oxygen atoms in total. The predicted octanol–water partition coefficient (Wildman–Crippen LogP) is 2.02. The summed E-state index contributed by atoms with van der Waals surface area (Å²) in [4.78, 5) is 15.4. The van der Waals surface area contributed by atoms with E-state index >= 15 is 0 Å². The molecule has 2 N–H and O–H groups in total. The van der Waals surface area contributed by atoms with Gasteiger partial charge in [0.05, 0.1) is 16.9 Å². The van der Waals surface area contributed by atoms with Gasteiger partial charge in [-0.2, -0.15) is 0 Å². The third kappa shape index (κ3) is 1.64. The monoisotopic (exact) mass is 245 g/mol. The molecule has 2 aliphatic rings. The minimum Gasteiger partial charge on any atom is -0.478 e. The van der Waals surface area contributed by atoms with Gasteiger partial charge in [-0.05, 0) is 42.5 Å². The summed E-state index contributed by atoms with van der Waals surface area (Å²) in [6.07, 6.45) is 7.51. The van der Waals surface area contributed by atoms with Gasteiger partial charge >= 0.3 is 5.97 Å². The number of carbonyl (C=O) groups is 1. The zero-order valence-electron chi connectivity index (χ0n) is 10.0. The van der Waals surface area contributed by atoms with Crippen LogP contribution in [0.15, 0.2) is 17.8 Å². The normalized spacial score (nSPS) is 20.6. The van der Waals surface area contributed by atoms with Crippen molar-refractivity contribution in [3.8, 4) is 0 Å². The lowest BCUT2D eigenvalue weighted by atomic mass is 9.90. The quantitative estimate of drug-likeness (QED) is 0.836. The summed E-state index contributed by atoms with van der Waals surface area (Å²) in [5, 5.41) is 19.7. The second kappa shape index (κ2) is 3.92. The first-order valence-corrected chi connectivity index (χ1v) is 6.25. The Balaban J connectivity index is 1.98. The van der Waals surface area contributed by atoms with Gasteiger partial charge in [0.2, 0.25) is 0 Å². The lowest BCUT2D eigenvalue weighted by Crippen LogP contribution is -2.27. The van der Waals surface area contributed by atoms with E-state index in [1.165, 1.54) is 12.3 Å². The fraction of sp³-hybridized carbons (Fsp3) is 0.429. The molecule has 0 spiro atoms. The number of pyridine rings is 1. The van der Waals surface area contributed by atoms with Gasteiger partial charge in [-0.25, -0.2) is 4.79 Å². The standard InChI is InChI=1S/C14H15NO3/c16-13(17)10-3-6-15-12-8-9(7-11(10)12)14(18)4-1-2-5-14/h3,6,8,18H,1-2,4-5,7H2,(H,16,17). The van der Waals surface area contributed by atoms with Crippen LogP contribution in [0.1, 0.15) is 47.3 Å². The molecule has 4 heteroatoms. The number of hydrogen-bond acceptors (Lipinski definition) is 3. The molecule has 1 aromatic rings.